The van der Waals surface area contributed by atoms with E-state index in [9.17, 15) is 19.5 Å². The first-order chi connectivity index (χ1) is 16.4. The molecule has 2 saturated heterocycles. The molecule has 6 atom stereocenters. The van der Waals surface area contributed by atoms with Gasteiger partial charge in [0, 0.05) is 13.1 Å². The molecule has 8 nitrogen and oxygen atoms in total. The van der Waals surface area contributed by atoms with Gasteiger partial charge in [0.15, 0.2) is 0 Å². The molecule has 4 aliphatic rings. The number of benzene rings is 1. The van der Waals surface area contributed by atoms with Gasteiger partial charge < -0.3 is 24.4 Å². The Morgan fingerprint density at radius 3 is 2.56 bits per heavy atom. The fraction of sp³-hybridized carbons (Fsp3) is 0.500. The Hall–Kier alpha value is -2.97. The smallest absolute Gasteiger partial charge is 0.313 e. The van der Waals surface area contributed by atoms with Crippen molar-refractivity contribution in [3.63, 3.8) is 0 Å². The fourth-order valence-electron chi connectivity index (χ4n) is 6.09. The molecule has 5 rings (SSSR count). The summed E-state index contributed by atoms with van der Waals surface area (Å²) in [5.41, 5.74) is -1.45. The third-order valence-corrected chi connectivity index (χ3v) is 7.63. The summed E-state index contributed by atoms with van der Waals surface area (Å²) in [6.45, 7) is 4.19. The van der Waals surface area contributed by atoms with Crippen LogP contribution in [0, 0.1) is 11.8 Å². The number of likely N-dealkylation sites (tertiary alicyclic amines) is 1. The van der Waals surface area contributed by atoms with Crippen LogP contribution in [0.25, 0.3) is 0 Å². The quantitative estimate of drug-likeness (QED) is 0.521. The zero-order chi connectivity index (χ0) is 24.1. The summed E-state index contributed by atoms with van der Waals surface area (Å²) in [5, 5.41) is 10.1. The first-order valence-electron chi connectivity index (χ1n) is 11.8. The number of amides is 2. The van der Waals surface area contributed by atoms with E-state index in [2.05, 4.69) is 0 Å². The minimum atomic E-state index is -1.33. The van der Waals surface area contributed by atoms with Crippen molar-refractivity contribution in [3.05, 3.63) is 60.2 Å². The largest absolute Gasteiger partial charge is 0.461 e. The minimum Gasteiger partial charge on any atom is -0.461 e. The number of carbonyl (C=O) groups excluding carboxylic acids is 3. The highest BCUT2D eigenvalue weighted by molar-refractivity contribution is 5.99. The second-order valence-corrected chi connectivity index (χ2v) is 9.63. The molecule has 1 unspecified atom stereocenters. The van der Waals surface area contributed by atoms with Crippen molar-refractivity contribution in [1.82, 2.24) is 9.80 Å². The lowest BCUT2D eigenvalue weighted by molar-refractivity contribution is -0.160. The Kier molecular flexibility index (Phi) is 5.61. The number of esters is 1. The fourth-order valence-corrected chi connectivity index (χ4v) is 6.09. The van der Waals surface area contributed by atoms with E-state index in [0.29, 0.717) is 19.5 Å². The second-order valence-electron chi connectivity index (χ2n) is 9.63. The number of ether oxygens (including phenoxy) is 2. The van der Waals surface area contributed by atoms with Crippen molar-refractivity contribution >= 4 is 17.8 Å². The molecule has 0 bridgehead atoms. The first kappa shape index (κ1) is 22.8. The van der Waals surface area contributed by atoms with E-state index in [4.69, 9.17) is 9.47 Å². The predicted molar refractivity (Wildman–Crippen MR) is 122 cm³/mol. The molecule has 8 heteroatoms. The summed E-state index contributed by atoms with van der Waals surface area (Å²) >= 11 is 0. The highest BCUT2D eigenvalue weighted by atomic mass is 16.6. The average molecular weight is 467 g/mol. The second kappa shape index (κ2) is 8.36. The van der Waals surface area contributed by atoms with Gasteiger partial charge in [-0.15, -0.1) is 0 Å². The molecule has 4 aliphatic heterocycles. The normalized spacial score (nSPS) is 35.4. The predicted octanol–water partition coefficient (Wildman–Crippen LogP) is 1.44. The summed E-state index contributed by atoms with van der Waals surface area (Å²) in [5.74, 6) is -2.93. The summed E-state index contributed by atoms with van der Waals surface area (Å²) < 4.78 is 12.0. The van der Waals surface area contributed by atoms with Crippen LogP contribution in [0.1, 0.15) is 25.8 Å². The van der Waals surface area contributed by atoms with Crippen LogP contribution in [0.3, 0.4) is 0 Å². The maximum Gasteiger partial charge on any atom is 0.313 e. The van der Waals surface area contributed by atoms with Crippen LogP contribution in [0.2, 0.25) is 0 Å². The van der Waals surface area contributed by atoms with Gasteiger partial charge in [-0.25, -0.2) is 0 Å². The molecule has 4 heterocycles. The van der Waals surface area contributed by atoms with Crippen LogP contribution in [0.4, 0.5) is 0 Å². The zero-order valence-corrected chi connectivity index (χ0v) is 19.4. The van der Waals surface area contributed by atoms with Gasteiger partial charge in [0.25, 0.3) is 0 Å². The van der Waals surface area contributed by atoms with E-state index in [1.54, 1.807) is 30.1 Å². The number of carbonyl (C=O) groups is 3. The van der Waals surface area contributed by atoms with Gasteiger partial charge >= 0.3 is 5.97 Å². The van der Waals surface area contributed by atoms with E-state index in [-0.39, 0.29) is 25.0 Å². The van der Waals surface area contributed by atoms with Crippen LogP contribution in [0.5, 0.6) is 0 Å². The van der Waals surface area contributed by atoms with E-state index in [0.717, 1.165) is 5.56 Å². The van der Waals surface area contributed by atoms with Crippen LogP contribution >= 0.6 is 0 Å². The third-order valence-electron chi connectivity index (χ3n) is 7.63. The molecule has 0 aliphatic carbocycles. The molecule has 0 aromatic heterocycles. The molecule has 1 aromatic carbocycles. The monoisotopic (exact) mass is 466 g/mol. The molecule has 2 amide bonds. The number of aliphatic hydroxyl groups is 1. The lowest BCUT2D eigenvalue weighted by atomic mass is 9.75. The summed E-state index contributed by atoms with van der Waals surface area (Å²) in [6, 6.07) is 8.10. The number of nitrogens with zero attached hydrogens (tertiary/aromatic N) is 2. The molecule has 2 fully saturated rings. The molecular formula is C26H30N2O6. The van der Waals surface area contributed by atoms with Crippen molar-refractivity contribution in [2.24, 2.45) is 11.8 Å². The maximum atomic E-state index is 14.1. The molecule has 0 saturated carbocycles. The summed E-state index contributed by atoms with van der Waals surface area (Å²) in [4.78, 5) is 44.3. The molecule has 180 valence electrons. The Morgan fingerprint density at radius 1 is 1.09 bits per heavy atom. The van der Waals surface area contributed by atoms with Gasteiger partial charge in [-0.3, -0.25) is 14.4 Å². The van der Waals surface area contributed by atoms with Gasteiger partial charge in [0.1, 0.15) is 24.2 Å². The lowest BCUT2D eigenvalue weighted by Gasteiger charge is -2.39. The van der Waals surface area contributed by atoms with Gasteiger partial charge in [0.2, 0.25) is 11.8 Å². The summed E-state index contributed by atoms with van der Waals surface area (Å²) in [6.07, 6.45) is 7.61. The highest BCUT2D eigenvalue weighted by Gasteiger charge is 2.75. The number of hydrogen-bond acceptors (Lipinski definition) is 6. The maximum absolute atomic E-state index is 14.1. The molecular weight excluding hydrogens is 436 g/mol. The number of rotatable bonds is 5. The Balaban J connectivity index is 1.62. The van der Waals surface area contributed by atoms with Crippen LogP contribution in [-0.2, 0) is 30.4 Å². The van der Waals surface area contributed by atoms with Crippen LogP contribution < -0.4 is 0 Å². The Labute approximate surface area is 198 Å². The van der Waals surface area contributed by atoms with E-state index >= 15 is 0 Å². The van der Waals surface area contributed by atoms with E-state index in [1.807, 2.05) is 43.3 Å². The van der Waals surface area contributed by atoms with Gasteiger partial charge in [-0.2, -0.15) is 0 Å². The van der Waals surface area contributed by atoms with Crippen molar-refractivity contribution in [2.45, 2.75) is 50.1 Å². The van der Waals surface area contributed by atoms with Gasteiger partial charge in [-0.1, -0.05) is 55.5 Å². The molecule has 1 aromatic rings. The highest BCUT2D eigenvalue weighted by Crippen LogP contribution is 2.57. The first-order valence-corrected chi connectivity index (χ1v) is 11.8. The zero-order valence-electron chi connectivity index (χ0n) is 19.4. The Morgan fingerprint density at radius 2 is 1.85 bits per heavy atom. The summed E-state index contributed by atoms with van der Waals surface area (Å²) in [7, 11) is 0. The molecule has 1 spiro atoms. The topological polar surface area (TPSA) is 96.4 Å². The lowest BCUT2D eigenvalue weighted by Crippen LogP contribution is -2.58. The number of fused-ring (bicyclic) bond motifs is 2. The van der Waals surface area contributed by atoms with Gasteiger partial charge in [-0.05, 0) is 25.0 Å². The standard InChI is InChI=1S/C26H30N2O6/c1-3-18(16-29)28-21-23(31)27(15-17-9-5-4-6-10-17)13-7-12-26(21)19(22(28)30)20-24(32)33-14-8-11-25(20,2)34-26/h4-12,18-21,29H,3,13-16H2,1-2H3/t18-,19-,20-,21?,25+,26-/m0/s1. The van der Waals surface area contributed by atoms with E-state index < -0.39 is 41.1 Å². The molecule has 1 N–H and O–H groups in total. The van der Waals surface area contributed by atoms with E-state index in [1.165, 1.54) is 4.90 Å². The van der Waals surface area contributed by atoms with Crippen LogP contribution in [-0.4, -0.2) is 75.7 Å². The molecule has 0 radical (unpaired) electrons. The Bertz CT molecular complexity index is 1050. The van der Waals surface area contributed by atoms with Crippen molar-refractivity contribution in [2.75, 3.05) is 19.8 Å². The number of cyclic esters (lactones) is 1. The molecule has 34 heavy (non-hydrogen) atoms. The van der Waals surface area contributed by atoms with Crippen molar-refractivity contribution < 1.29 is 29.0 Å². The van der Waals surface area contributed by atoms with Crippen molar-refractivity contribution in [1.29, 1.82) is 0 Å². The minimum absolute atomic E-state index is 0.114. The van der Waals surface area contributed by atoms with Crippen LogP contribution in [0.15, 0.2) is 54.6 Å². The SMILES string of the molecule is CC[C@@H](CO)N1C(=O)[C@@H]2[C@H]3C(=O)OCC=C[C@@]3(C)O[C@@]23C=CCN(Cc2ccccc2)C(=O)C13. The average Bonchev–Trinajstić information content (AvgIpc) is 3.09. The number of aliphatic hydroxyl groups excluding tert-OH is 1. The van der Waals surface area contributed by atoms with Gasteiger partial charge in [0.05, 0.1) is 24.2 Å². The van der Waals surface area contributed by atoms with Crippen molar-refractivity contribution in [3.8, 4) is 0 Å². The third kappa shape index (κ3) is 3.23. The number of hydrogen-bond donors (Lipinski definition) is 1.